The number of benzene rings is 1. The fourth-order valence-electron chi connectivity index (χ4n) is 5.62. The predicted molar refractivity (Wildman–Crippen MR) is 105 cm³/mol. The van der Waals surface area contributed by atoms with Gasteiger partial charge in [0, 0.05) is 10.9 Å². The average Bonchev–Trinajstić information content (AvgIpc) is 3.15. The highest BCUT2D eigenvalue weighted by atomic mass is 35.5. The highest BCUT2D eigenvalue weighted by Gasteiger charge is 2.68. The highest BCUT2D eigenvalue weighted by molar-refractivity contribution is 6.60. The Bertz CT molecular complexity index is 866. The van der Waals surface area contributed by atoms with Gasteiger partial charge in [0.05, 0.1) is 28.3 Å². The number of halogens is 2. The fourth-order valence-corrected chi connectivity index (χ4v) is 6.18. The standard InChI is InChI=1S/C20H23BCl2O3/c1-19(2)12-8-15(19)20(3)16(9-12)25-21(26-20)17(23)7-11-10-24-14-6-4-5-13(22)18(11)14/h4-6,10,12,15-17H,7-9H2,1-3H3/t12-,15-,16+,17+,20-/m0/s1. The third kappa shape index (κ3) is 2.29. The number of alkyl halides is 1. The summed E-state index contributed by atoms with van der Waals surface area (Å²) in [5.74, 6) is 1.27. The molecule has 3 saturated carbocycles. The molecule has 1 aromatic carbocycles. The molecule has 6 heteroatoms. The molecule has 26 heavy (non-hydrogen) atoms. The zero-order valence-electron chi connectivity index (χ0n) is 15.3. The summed E-state index contributed by atoms with van der Waals surface area (Å²) < 4.78 is 18.4. The Morgan fingerprint density at radius 1 is 1.27 bits per heavy atom. The Morgan fingerprint density at radius 2 is 2.08 bits per heavy atom. The topological polar surface area (TPSA) is 31.6 Å². The number of hydrogen-bond acceptors (Lipinski definition) is 3. The van der Waals surface area contributed by atoms with Gasteiger partial charge in [-0.3, -0.25) is 0 Å². The van der Waals surface area contributed by atoms with Crippen LogP contribution in [0.4, 0.5) is 0 Å². The minimum Gasteiger partial charge on any atom is -0.464 e. The molecular formula is C20H23BCl2O3. The summed E-state index contributed by atoms with van der Waals surface area (Å²) in [6.45, 7) is 6.94. The Morgan fingerprint density at radius 3 is 2.85 bits per heavy atom. The van der Waals surface area contributed by atoms with Crippen LogP contribution in [0, 0.1) is 17.3 Å². The Kier molecular flexibility index (Phi) is 3.80. The van der Waals surface area contributed by atoms with Gasteiger partial charge in [-0.25, -0.2) is 0 Å². The summed E-state index contributed by atoms with van der Waals surface area (Å²) in [6.07, 6.45) is 4.81. The van der Waals surface area contributed by atoms with Gasteiger partial charge in [-0.15, -0.1) is 11.6 Å². The van der Waals surface area contributed by atoms with Crippen molar-refractivity contribution in [3.63, 3.8) is 0 Å². The molecule has 0 amide bonds. The smallest absolute Gasteiger partial charge is 0.464 e. The maximum Gasteiger partial charge on any atom is 0.477 e. The molecule has 2 aromatic rings. The van der Waals surface area contributed by atoms with E-state index in [0.29, 0.717) is 22.8 Å². The normalized spacial score (nSPS) is 36.0. The van der Waals surface area contributed by atoms with Crippen molar-refractivity contribution in [1.82, 2.24) is 0 Å². The molecule has 3 nitrogen and oxygen atoms in total. The zero-order valence-corrected chi connectivity index (χ0v) is 16.8. The summed E-state index contributed by atoms with van der Waals surface area (Å²) in [5, 5.41) is 1.34. The second-order valence-corrected chi connectivity index (χ2v) is 9.90. The van der Waals surface area contributed by atoms with Crippen molar-refractivity contribution < 1.29 is 13.7 Å². The molecule has 5 atom stereocenters. The maximum atomic E-state index is 6.76. The van der Waals surface area contributed by atoms with E-state index in [4.69, 9.17) is 36.9 Å². The molecule has 1 aromatic heterocycles. The lowest BCUT2D eigenvalue weighted by molar-refractivity contribution is -0.199. The zero-order chi connectivity index (χ0) is 18.3. The lowest BCUT2D eigenvalue weighted by atomic mass is 9.43. The molecule has 0 radical (unpaired) electrons. The van der Waals surface area contributed by atoms with E-state index in [9.17, 15) is 0 Å². The second kappa shape index (κ2) is 5.67. The van der Waals surface area contributed by atoms with E-state index in [1.165, 1.54) is 6.42 Å². The molecule has 0 N–H and O–H groups in total. The molecule has 0 unspecified atom stereocenters. The quantitative estimate of drug-likeness (QED) is 0.510. The molecular weight excluding hydrogens is 370 g/mol. The van der Waals surface area contributed by atoms with E-state index in [0.717, 1.165) is 28.9 Å². The molecule has 138 valence electrons. The van der Waals surface area contributed by atoms with Crippen LogP contribution in [0.1, 0.15) is 39.2 Å². The summed E-state index contributed by atoms with van der Waals surface area (Å²) in [4.78, 5) is 0. The molecule has 2 heterocycles. The fraction of sp³-hybridized carbons (Fsp3) is 0.600. The van der Waals surface area contributed by atoms with Gasteiger partial charge in [-0.05, 0) is 55.6 Å². The van der Waals surface area contributed by atoms with E-state index in [-0.39, 0.29) is 17.0 Å². The molecule has 1 saturated heterocycles. The largest absolute Gasteiger partial charge is 0.477 e. The summed E-state index contributed by atoms with van der Waals surface area (Å²) in [6, 6.07) is 5.68. The number of furan rings is 1. The lowest BCUT2D eigenvalue weighted by Gasteiger charge is -2.64. The molecule has 4 aliphatic rings. The molecule has 1 aliphatic heterocycles. The molecule has 3 aliphatic carbocycles. The van der Waals surface area contributed by atoms with Gasteiger partial charge in [0.2, 0.25) is 0 Å². The summed E-state index contributed by atoms with van der Waals surface area (Å²) in [5.41, 5.74) is 1.89. The SMILES string of the molecule is CC1(C)[C@@H]2C[C@H]3OB([C@H](Cl)Cc4coc5cccc(Cl)c45)O[C@@]3(C)[C@H]1C2. The molecule has 6 rings (SSSR count). The van der Waals surface area contributed by atoms with Crippen molar-refractivity contribution in [2.45, 2.75) is 57.0 Å². The third-order valence-electron chi connectivity index (χ3n) is 7.30. The number of rotatable bonds is 3. The third-order valence-corrected chi connectivity index (χ3v) is 7.98. The highest BCUT2D eigenvalue weighted by Crippen LogP contribution is 2.65. The van der Waals surface area contributed by atoms with Crippen LogP contribution in [0.25, 0.3) is 11.0 Å². The summed E-state index contributed by atoms with van der Waals surface area (Å²) in [7, 11) is -0.394. The Balaban J connectivity index is 1.37. The van der Waals surface area contributed by atoms with Gasteiger partial charge in [0.15, 0.2) is 0 Å². The van der Waals surface area contributed by atoms with Crippen LogP contribution in [0.5, 0.6) is 0 Å². The van der Waals surface area contributed by atoms with Gasteiger partial charge < -0.3 is 13.7 Å². The average molecular weight is 393 g/mol. The van der Waals surface area contributed by atoms with Crippen LogP contribution in [-0.2, 0) is 15.7 Å². The minimum atomic E-state index is -0.394. The van der Waals surface area contributed by atoms with Crippen molar-refractivity contribution >= 4 is 41.3 Å². The van der Waals surface area contributed by atoms with E-state index in [1.54, 1.807) is 6.26 Å². The first-order valence-corrected chi connectivity index (χ1v) is 10.2. The van der Waals surface area contributed by atoms with Crippen molar-refractivity contribution in [2.75, 3.05) is 0 Å². The van der Waals surface area contributed by atoms with Crippen LogP contribution in [0.2, 0.25) is 5.02 Å². The van der Waals surface area contributed by atoms with Crippen molar-refractivity contribution in [1.29, 1.82) is 0 Å². The van der Waals surface area contributed by atoms with Crippen LogP contribution in [0.15, 0.2) is 28.9 Å². The van der Waals surface area contributed by atoms with Crippen molar-refractivity contribution in [2.24, 2.45) is 17.3 Å². The Hall–Kier alpha value is -0.675. The monoisotopic (exact) mass is 392 g/mol. The first-order chi connectivity index (χ1) is 12.3. The van der Waals surface area contributed by atoms with Crippen LogP contribution >= 0.6 is 23.2 Å². The van der Waals surface area contributed by atoms with E-state index in [2.05, 4.69) is 20.8 Å². The van der Waals surface area contributed by atoms with Crippen molar-refractivity contribution in [3.05, 3.63) is 35.0 Å². The van der Waals surface area contributed by atoms with Crippen LogP contribution in [-0.4, -0.2) is 24.1 Å². The minimum absolute atomic E-state index is 0.148. The van der Waals surface area contributed by atoms with Gasteiger partial charge in [0.1, 0.15) is 5.58 Å². The number of hydrogen-bond donors (Lipinski definition) is 0. The molecule has 2 bridgehead atoms. The van der Waals surface area contributed by atoms with Gasteiger partial charge in [0.25, 0.3) is 0 Å². The van der Waals surface area contributed by atoms with Gasteiger partial charge in [-0.2, -0.15) is 0 Å². The van der Waals surface area contributed by atoms with E-state index < -0.39 is 7.12 Å². The lowest BCUT2D eigenvalue weighted by Crippen LogP contribution is -2.65. The second-order valence-electron chi connectivity index (χ2n) is 8.93. The van der Waals surface area contributed by atoms with E-state index >= 15 is 0 Å². The summed E-state index contributed by atoms with van der Waals surface area (Å²) >= 11 is 13.1. The maximum absolute atomic E-state index is 6.76. The molecule has 4 fully saturated rings. The predicted octanol–water partition coefficient (Wildman–Crippen LogP) is 5.50. The van der Waals surface area contributed by atoms with Crippen LogP contribution in [0.3, 0.4) is 0 Å². The van der Waals surface area contributed by atoms with Crippen molar-refractivity contribution in [3.8, 4) is 0 Å². The van der Waals surface area contributed by atoms with Crippen LogP contribution < -0.4 is 0 Å². The first kappa shape index (κ1) is 17.4. The Labute approximate surface area is 164 Å². The number of fused-ring (bicyclic) bond motifs is 1. The van der Waals surface area contributed by atoms with E-state index in [1.807, 2.05) is 18.2 Å². The van der Waals surface area contributed by atoms with Gasteiger partial charge >= 0.3 is 7.12 Å². The van der Waals surface area contributed by atoms with Gasteiger partial charge in [-0.1, -0.05) is 31.5 Å². The molecule has 0 spiro atoms. The first-order valence-electron chi connectivity index (χ1n) is 9.42.